The smallest absolute Gasteiger partial charge is 0.274 e. The van der Waals surface area contributed by atoms with Gasteiger partial charge in [-0.1, -0.05) is 11.6 Å². The number of likely N-dealkylation sites (tertiary alicyclic amines) is 1. The molecular weight excluding hydrogens is 218 g/mol. The van der Waals surface area contributed by atoms with Gasteiger partial charge in [0.25, 0.3) is 5.91 Å². The number of aliphatic hydroxyl groups excluding tert-OH is 1. The van der Waals surface area contributed by atoms with Crippen LogP contribution in [-0.4, -0.2) is 45.3 Å². The molecule has 1 fully saturated rings. The highest BCUT2D eigenvalue weighted by atomic mass is 35.5. The standard InChI is InChI=1S/C9H10ClN3O2/c10-8-2-1-7(11-12-8)9(15)13-4-3-6(14)5-13/h1-2,6,14H,3-5H2/t6-/m1/s1. The third-order valence-electron chi connectivity index (χ3n) is 2.30. The molecule has 0 bridgehead atoms. The predicted octanol–water partition coefficient (Wildman–Crippen LogP) is 0.337. The van der Waals surface area contributed by atoms with Crippen LogP contribution in [0.1, 0.15) is 16.9 Å². The lowest BCUT2D eigenvalue weighted by molar-refractivity contribution is 0.0758. The molecule has 0 aromatic carbocycles. The third-order valence-corrected chi connectivity index (χ3v) is 2.50. The topological polar surface area (TPSA) is 66.3 Å². The number of aliphatic hydroxyl groups is 1. The summed E-state index contributed by atoms with van der Waals surface area (Å²) in [5.41, 5.74) is 0.258. The molecule has 1 aromatic heterocycles. The maximum atomic E-state index is 11.8. The van der Waals surface area contributed by atoms with E-state index in [0.29, 0.717) is 19.5 Å². The molecule has 2 rings (SSSR count). The minimum atomic E-state index is -0.422. The molecule has 0 saturated carbocycles. The SMILES string of the molecule is O=C(c1ccc(Cl)nn1)N1CC[C@@H](O)C1. The van der Waals surface area contributed by atoms with Crippen LogP contribution < -0.4 is 0 Å². The first-order valence-electron chi connectivity index (χ1n) is 4.63. The van der Waals surface area contributed by atoms with Gasteiger partial charge < -0.3 is 10.0 Å². The normalized spacial score (nSPS) is 20.7. The highest BCUT2D eigenvalue weighted by Gasteiger charge is 2.26. The van der Waals surface area contributed by atoms with Crippen molar-refractivity contribution >= 4 is 17.5 Å². The van der Waals surface area contributed by atoms with E-state index in [1.807, 2.05) is 0 Å². The Morgan fingerprint density at radius 1 is 1.53 bits per heavy atom. The van der Waals surface area contributed by atoms with Crippen LogP contribution in [0.2, 0.25) is 5.15 Å². The molecule has 0 spiro atoms. The number of halogens is 1. The zero-order chi connectivity index (χ0) is 10.8. The van der Waals surface area contributed by atoms with E-state index < -0.39 is 6.10 Å². The molecule has 1 amide bonds. The van der Waals surface area contributed by atoms with Crippen LogP contribution in [-0.2, 0) is 0 Å². The van der Waals surface area contributed by atoms with E-state index >= 15 is 0 Å². The Morgan fingerprint density at radius 2 is 2.33 bits per heavy atom. The summed E-state index contributed by atoms with van der Waals surface area (Å²) in [4.78, 5) is 13.3. The maximum Gasteiger partial charge on any atom is 0.274 e. The molecule has 5 nitrogen and oxygen atoms in total. The molecule has 1 atom stereocenters. The van der Waals surface area contributed by atoms with E-state index in [1.54, 1.807) is 4.90 Å². The lowest BCUT2D eigenvalue weighted by atomic mass is 10.3. The minimum absolute atomic E-state index is 0.212. The molecular formula is C9H10ClN3O2. The second-order valence-electron chi connectivity index (χ2n) is 3.43. The summed E-state index contributed by atoms with van der Waals surface area (Å²) in [6.45, 7) is 0.924. The molecule has 2 heterocycles. The van der Waals surface area contributed by atoms with Crippen LogP contribution in [0.4, 0.5) is 0 Å². The van der Waals surface area contributed by atoms with E-state index in [0.717, 1.165) is 0 Å². The number of nitrogens with zero attached hydrogens (tertiary/aromatic N) is 3. The Bertz CT molecular complexity index is 368. The van der Waals surface area contributed by atoms with Crippen molar-refractivity contribution in [2.24, 2.45) is 0 Å². The van der Waals surface area contributed by atoms with Gasteiger partial charge in [-0.25, -0.2) is 0 Å². The molecule has 0 aliphatic carbocycles. The van der Waals surface area contributed by atoms with Gasteiger partial charge in [0.2, 0.25) is 0 Å². The Morgan fingerprint density at radius 3 is 2.87 bits per heavy atom. The van der Waals surface area contributed by atoms with Gasteiger partial charge in [0.15, 0.2) is 10.8 Å². The molecule has 0 unspecified atom stereocenters. The second kappa shape index (κ2) is 4.12. The van der Waals surface area contributed by atoms with Gasteiger partial charge in [0, 0.05) is 13.1 Å². The van der Waals surface area contributed by atoms with Gasteiger partial charge in [-0.3, -0.25) is 4.79 Å². The minimum Gasteiger partial charge on any atom is -0.391 e. The van der Waals surface area contributed by atoms with Gasteiger partial charge in [-0.05, 0) is 18.6 Å². The van der Waals surface area contributed by atoms with E-state index in [2.05, 4.69) is 10.2 Å². The molecule has 6 heteroatoms. The first-order chi connectivity index (χ1) is 7.16. The zero-order valence-electron chi connectivity index (χ0n) is 7.93. The van der Waals surface area contributed by atoms with Crippen LogP contribution in [0.5, 0.6) is 0 Å². The number of carbonyl (C=O) groups is 1. The van der Waals surface area contributed by atoms with Gasteiger partial charge in [0.1, 0.15) is 0 Å². The summed E-state index contributed by atoms with van der Waals surface area (Å²) < 4.78 is 0. The fourth-order valence-corrected chi connectivity index (χ4v) is 1.62. The monoisotopic (exact) mass is 227 g/mol. The van der Waals surface area contributed by atoms with Crippen molar-refractivity contribution in [3.8, 4) is 0 Å². The predicted molar refractivity (Wildman–Crippen MR) is 53.6 cm³/mol. The van der Waals surface area contributed by atoms with Crippen LogP contribution in [0, 0.1) is 0 Å². The highest BCUT2D eigenvalue weighted by molar-refractivity contribution is 6.29. The molecule has 1 N–H and O–H groups in total. The number of carbonyl (C=O) groups excluding carboxylic acids is 1. The first kappa shape index (κ1) is 10.3. The van der Waals surface area contributed by atoms with E-state index in [1.165, 1.54) is 12.1 Å². The van der Waals surface area contributed by atoms with Gasteiger partial charge in [-0.2, -0.15) is 0 Å². The van der Waals surface area contributed by atoms with Crippen molar-refractivity contribution in [3.05, 3.63) is 23.0 Å². The number of hydrogen-bond donors (Lipinski definition) is 1. The Balaban J connectivity index is 2.11. The number of β-amino-alcohol motifs (C(OH)–C–C–N with tert-alkyl or cyclic N) is 1. The largest absolute Gasteiger partial charge is 0.391 e. The van der Waals surface area contributed by atoms with Crippen molar-refractivity contribution in [1.82, 2.24) is 15.1 Å². The Kier molecular flexibility index (Phi) is 2.83. The van der Waals surface area contributed by atoms with E-state index in [9.17, 15) is 9.90 Å². The van der Waals surface area contributed by atoms with Gasteiger partial charge in [0.05, 0.1) is 6.10 Å². The number of rotatable bonds is 1. The van der Waals surface area contributed by atoms with Crippen molar-refractivity contribution in [2.75, 3.05) is 13.1 Å². The van der Waals surface area contributed by atoms with Crippen LogP contribution >= 0.6 is 11.6 Å². The van der Waals surface area contributed by atoms with Crippen LogP contribution in [0.25, 0.3) is 0 Å². The fraction of sp³-hybridized carbons (Fsp3) is 0.444. The summed E-state index contributed by atoms with van der Waals surface area (Å²) in [6.07, 6.45) is 0.196. The van der Waals surface area contributed by atoms with Gasteiger partial charge >= 0.3 is 0 Å². The lowest BCUT2D eigenvalue weighted by Gasteiger charge is -2.13. The summed E-state index contributed by atoms with van der Waals surface area (Å²) >= 11 is 5.56. The number of hydrogen-bond acceptors (Lipinski definition) is 4. The van der Waals surface area contributed by atoms with Crippen LogP contribution in [0.15, 0.2) is 12.1 Å². The molecule has 1 saturated heterocycles. The molecule has 1 aromatic rings. The first-order valence-corrected chi connectivity index (χ1v) is 5.01. The third kappa shape index (κ3) is 2.24. The average Bonchev–Trinajstić information content (AvgIpc) is 2.65. The Hall–Kier alpha value is -1.20. The van der Waals surface area contributed by atoms with Crippen LogP contribution in [0.3, 0.4) is 0 Å². The average molecular weight is 228 g/mol. The summed E-state index contributed by atoms with van der Waals surface area (Å²) in [7, 11) is 0. The summed E-state index contributed by atoms with van der Waals surface area (Å²) in [6, 6.07) is 3.05. The molecule has 15 heavy (non-hydrogen) atoms. The summed E-state index contributed by atoms with van der Waals surface area (Å²) in [5, 5.41) is 16.8. The summed E-state index contributed by atoms with van der Waals surface area (Å²) in [5.74, 6) is -0.212. The second-order valence-corrected chi connectivity index (χ2v) is 3.82. The van der Waals surface area contributed by atoms with Crippen molar-refractivity contribution < 1.29 is 9.90 Å². The number of amides is 1. The van der Waals surface area contributed by atoms with Crippen molar-refractivity contribution in [1.29, 1.82) is 0 Å². The van der Waals surface area contributed by atoms with Crippen molar-refractivity contribution in [3.63, 3.8) is 0 Å². The zero-order valence-corrected chi connectivity index (χ0v) is 8.68. The van der Waals surface area contributed by atoms with Crippen molar-refractivity contribution in [2.45, 2.75) is 12.5 Å². The van der Waals surface area contributed by atoms with Gasteiger partial charge in [-0.15, -0.1) is 10.2 Å². The quantitative estimate of drug-likeness (QED) is 0.751. The van der Waals surface area contributed by atoms with E-state index in [-0.39, 0.29) is 16.8 Å². The molecule has 0 radical (unpaired) electrons. The number of aromatic nitrogens is 2. The molecule has 1 aliphatic rings. The Labute approximate surface area is 91.7 Å². The maximum absolute atomic E-state index is 11.8. The fourth-order valence-electron chi connectivity index (χ4n) is 1.52. The lowest BCUT2D eigenvalue weighted by Crippen LogP contribution is -2.30. The van der Waals surface area contributed by atoms with E-state index in [4.69, 9.17) is 11.6 Å². The highest BCUT2D eigenvalue weighted by Crippen LogP contribution is 2.12. The molecule has 1 aliphatic heterocycles. The molecule has 80 valence electrons.